The Bertz CT molecular complexity index is 2260. The number of anilines is 2. The fourth-order valence-electron chi connectivity index (χ4n) is 8.52. The molecule has 3 fully saturated rings. The lowest BCUT2D eigenvalue weighted by Crippen LogP contribution is -2.52. The predicted molar refractivity (Wildman–Crippen MR) is 217 cm³/mol. The average molecular weight is 752 g/mol. The number of carbonyl (C=O) groups excluding carboxylic acids is 3. The van der Waals surface area contributed by atoms with Gasteiger partial charge in [0.05, 0.1) is 4.88 Å². The molecule has 4 aliphatic heterocycles. The van der Waals surface area contributed by atoms with Crippen molar-refractivity contribution in [2.75, 3.05) is 55.6 Å². The Morgan fingerprint density at radius 2 is 1.53 bits per heavy atom. The number of phenols is 1. The Labute approximate surface area is 325 Å². The van der Waals surface area contributed by atoms with Crippen LogP contribution in [0.2, 0.25) is 0 Å². The zero-order valence-electron chi connectivity index (χ0n) is 30.6. The maximum Gasteiger partial charge on any atom is 0.255 e. The molecule has 4 aromatic carbocycles. The molecule has 10 nitrogen and oxygen atoms in total. The second-order valence-electron chi connectivity index (χ2n) is 15.1. The van der Waals surface area contributed by atoms with Crippen molar-refractivity contribution in [2.24, 2.45) is 5.92 Å². The largest absolute Gasteiger partial charge is 0.508 e. The van der Waals surface area contributed by atoms with Crippen LogP contribution in [-0.4, -0.2) is 92.3 Å². The first-order valence-electron chi connectivity index (χ1n) is 19.1. The van der Waals surface area contributed by atoms with E-state index in [2.05, 4.69) is 38.2 Å². The van der Waals surface area contributed by atoms with Crippen molar-refractivity contribution < 1.29 is 24.2 Å². The third-order valence-corrected chi connectivity index (χ3v) is 12.8. The van der Waals surface area contributed by atoms with E-state index in [-0.39, 0.29) is 29.9 Å². The van der Waals surface area contributed by atoms with Gasteiger partial charge in [-0.15, -0.1) is 11.3 Å². The topological polar surface area (TPSA) is 106 Å². The standard InChI is InChI=1S/C43H42BN5O5S/c44-30-3-1-28(2-4-30)41-40(36-12-8-33(50)24-38(36)55-41)54-34-9-5-31(6-10-34)48-21-19-46(20-22-48)25-27-15-17-47(18-16-27)32-7-11-35-29(23-32)26-49(43(35)53)37-13-14-39(51)45-42(37)52/h1-12,23-24,27,37,50H,13-22,25-26H2,(H,45,51,52). The molecule has 2 radical (unpaired) electrons. The van der Waals surface area contributed by atoms with Crippen molar-refractivity contribution in [1.29, 1.82) is 0 Å². The van der Waals surface area contributed by atoms with Gasteiger partial charge in [0.2, 0.25) is 11.8 Å². The first-order chi connectivity index (χ1) is 26.8. The summed E-state index contributed by atoms with van der Waals surface area (Å²) in [6.45, 7) is 7.48. The van der Waals surface area contributed by atoms with Crippen molar-refractivity contribution >= 4 is 63.8 Å². The lowest BCUT2D eigenvalue weighted by Gasteiger charge is -2.40. The SMILES string of the molecule is [B]c1ccc(-c2sc3cc(O)ccc3c2Oc2ccc(N3CCN(CC4CCN(c5ccc6c(c5)CN(C5CCC(=O)NC5=O)C6=O)CC4)CC3)cc2)cc1. The summed E-state index contributed by atoms with van der Waals surface area (Å²) < 4.78 is 7.51. The number of piperidine rings is 2. The summed E-state index contributed by atoms with van der Waals surface area (Å²) in [6.07, 6.45) is 2.88. The molecule has 1 unspecified atom stereocenters. The minimum absolute atomic E-state index is 0.128. The zero-order valence-corrected chi connectivity index (χ0v) is 31.4. The van der Waals surface area contributed by atoms with Gasteiger partial charge in [0, 0.05) is 85.8 Å². The van der Waals surface area contributed by atoms with Crippen LogP contribution in [0.15, 0.2) is 84.9 Å². The molecule has 5 aromatic rings. The second kappa shape index (κ2) is 14.7. The van der Waals surface area contributed by atoms with Gasteiger partial charge in [-0.3, -0.25) is 24.6 Å². The van der Waals surface area contributed by atoms with E-state index < -0.39 is 6.04 Å². The molecule has 0 spiro atoms. The predicted octanol–water partition coefficient (Wildman–Crippen LogP) is 5.66. The van der Waals surface area contributed by atoms with E-state index in [1.54, 1.807) is 28.4 Å². The van der Waals surface area contributed by atoms with Crippen molar-refractivity contribution in [1.82, 2.24) is 15.1 Å². The number of fused-ring (bicyclic) bond motifs is 2. The third-order valence-electron chi connectivity index (χ3n) is 11.6. The quantitative estimate of drug-likeness (QED) is 0.155. The van der Waals surface area contributed by atoms with Crippen LogP contribution < -0.4 is 25.3 Å². The number of nitrogens with one attached hydrogen (secondary N) is 1. The molecule has 4 aliphatic rings. The van der Waals surface area contributed by atoms with Crippen LogP contribution in [0, 0.1) is 5.92 Å². The van der Waals surface area contributed by atoms with Crippen LogP contribution in [0.1, 0.15) is 41.6 Å². The highest BCUT2D eigenvalue weighted by Gasteiger charge is 2.39. The molecule has 2 N–H and O–H groups in total. The van der Waals surface area contributed by atoms with Gasteiger partial charge >= 0.3 is 0 Å². The fourth-order valence-corrected chi connectivity index (χ4v) is 9.68. The first-order valence-corrected chi connectivity index (χ1v) is 20.0. The minimum Gasteiger partial charge on any atom is -0.508 e. The number of piperazine rings is 1. The highest BCUT2D eigenvalue weighted by atomic mass is 32.1. The number of ether oxygens (including phenoxy) is 1. The molecule has 55 heavy (non-hydrogen) atoms. The summed E-state index contributed by atoms with van der Waals surface area (Å²) >= 11 is 1.59. The average Bonchev–Trinajstić information content (AvgIpc) is 3.71. The summed E-state index contributed by atoms with van der Waals surface area (Å²) in [5.41, 5.74) is 5.66. The van der Waals surface area contributed by atoms with Gasteiger partial charge < -0.3 is 24.5 Å². The molecule has 3 amide bonds. The van der Waals surface area contributed by atoms with E-state index in [4.69, 9.17) is 12.6 Å². The fraction of sp³-hybridized carbons (Fsp3) is 0.326. The maximum absolute atomic E-state index is 13.1. The second-order valence-corrected chi connectivity index (χ2v) is 16.2. The van der Waals surface area contributed by atoms with Crippen LogP contribution in [0.25, 0.3) is 20.5 Å². The Morgan fingerprint density at radius 3 is 2.27 bits per heavy atom. The number of thiophene rings is 1. The number of benzene rings is 4. The van der Waals surface area contributed by atoms with Gasteiger partial charge in [0.25, 0.3) is 5.91 Å². The summed E-state index contributed by atoms with van der Waals surface area (Å²) in [4.78, 5) is 47.3. The zero-order chi connectivity index (χ0) is 37.6. The third kappa shape index (κ3) is 7.16. The van der Waals surface area contributed by atoms with Gasteiger partial charge in [0.1, 0.15) is 25.4 Å². The summed E-state index contributed by atoms with van der Waals surface area (Å²) in [7, 11) is 5.96. The van der Waals surface area contributed by atoms with E-state index in [0.717, 1.165) is 102 Å². The number of amides is 3. The molecule has 9 rings (SSSR count). The lowest BCUT2D eigenvalue weighted by atomic mass is 9.95. The highest BCUT2D eigenvalue weighted by molar-refractivity contribution is 7.22. The van der Waals surface area contributed by atoms with E-state index in [9.17, 15) is 19.5 Å². The van der Waals surface area contributed by atoms with E-state index >= 15 is 0 Å². The number of rotatable bonds is 8. The van der Waals surface area contributed by atoms with Crippen molar-refractivity contribution in [3.63, 3.8) is 0 Å². The smallest absolute Gasteiger partial charge is 0.255 e. The Morgan fingerprint density at radius 1 is 0.800 bits per heavy atom. The van der Waals surface area contributed by atoms with Crippen LogP contribution in [0.5, 0.6) is 17.2 Å². The monoisotopic (exact) mass is 751 g/mol. The molecule has 5 heterocycles. The first kappa shape index (κ1) is 35.4. The Kier molecular flexibility index (Phi) is 9.47. The van der Waals surface area contributed by atoms with Gasteiger partial charge in [-0.1, -0.05) is 29.7 Å². The number of imide groups is 1. The Hall–Kier alpha value is -5.33. The molecule has 0 bridgehead atoms. The molecule has 12 heteroatoms. The number of hydrogen-bond acceptors (Lipinski definition) is 9. The number of phenolic OH excluding ortho intramolecular Hbond substituents is 1. The minimum atomic E-state index is -0.592. The van der Waals surface area contributed by atoms with Gasteiger partial charge in [-0.2, -0.15) is 0 Å². The van der Waals surface area contributed by atoms with Crippen LogP contribution >= 0.6 is 11.3 Å². The van der Waals surface area contributed by atoms with Crippen LogP contribution in [0.4, 0.5) is 11.4 Å². The van der Waals surface area contributed by atoms with Gasteiger partial charge in [-0.25, -0.2) is 0 Å². The molecule has 0 aliphatic carbocycles. The van der Waals surface area contributed by atoms with Crippen molar-refractivity contribution in [2.45, 2.75) is 38.3 Å². The Balaban J connectivity index is 0.769. The van der Waals surface area contributed by atoms with E-state index in [1.807, 2.05) is 54.6 Å². The molecule has 1 aromatic heterocycles. The van der Waals surface area contributed by atoms with Gasteiger partial charge in [0.15, 0.2) is 5.75 Å². The molecular formula is C43H42BN5O5S. The maximum atomic E-state index is 13.1. The van der Waals surface area contributed by atoms with Crippen molar-refractivity contribution in [3.05, 3.63) is 96.1 Å². The molecular weight excluding hydrogens is 709 g/mol. The number of aromatic hydroxyl groups is 1. The number of hydrogen-bond donors (Lipinski definition) is 2. The van der Waals surface area contributed by atoms with E-state index in [0.29, 0.717) is 29.9 Å². The van der Waals surface area contributed by atoms with E-state index in [1.165, 1.54) is 5.69 Å². The van der Waals surface area contributed by atoms with Crippen LogP contribution in [0.3, 0.4) is 0 Å². The number of carbonyl (C=O) groups is 3. The summed E-state index contributed by atoms with van der Waals surface area (Å²) in [6, 6.07) is 27.0. The number of nitrogens with zero attached hydrogens (tertiary/aromatic N) is 4. The molecule has 0 saturated carbocycles. The van der Waals surface area contributed by atoms with Crippen molar-refractivity contribution in [3.8, 4) is 27.7 Å². The summed E-state index contributed by atoms with van der Waals surface area (Å²) in [5, 5.41) is 13.5. The molecule has 3 saturated heterocycles. The lowest BCUT2D eigenvalue weighted by molar-refractivity contribution is -0.136. The normalized spacial score (nSPS) is 19.6. The molecule has 278 valence electrons. The van der Waals surface area contributed by atoms with Crippen LogP contribution in [-0.2, 0) is 16.1 Å². The molecule has 1 atom stereocenters. The highest BCUT2D eigenvalue weighted by Crippen LogP contribution is 2.47. The summed E-state index contributed by atoms with van der Waals surface area (Å²) in [5.74, 6) is 1.64. The van der Waals surface area contributed by atoms with Gasteiger partial charge in [-0.05, 0) is 97.0 Å².